The number of likely N-dealkylation sites (N-methyl/N-ethyl adjacent to an activating group) is 1. The molecule has 0 aliphatic carbocycles. The van der Waals surface area contributed by atoms with Gasteiger partial charge in [0.25, 0.3) is 5.91 Å². The first-order valence-electron chi connectivity index (χ1n) is 10.6. The van der Waals surface area contributed by atoms with Crippen LogP contribution in [-0.2, 0) is 13.1 Å². The lowest BCUT2D eigenvalue weighted by atomic mass is 10.1. The third kappa shape index (κ3) is 4.86. The Bertz CT molecular complexity index is 1050. The second-order valence-electron chi connectivity index (χ2n) is 8.40. The van der Waals surface area contributed by atoms with Crippen LogP contribution in [0.2, 0.25) is 0 Å². The van der Waals surface area contributed by atoms with E-state index in [1.54, 1.807) is 0 Å². The van der Waals surface area contributed by atoms with Gasteiger partial charge in [-0.25, -0.2) is 0 Å². The maximum absolute atomic E-state index is 12.8. The van der Waals surface area contributed by atoms with Crippen LogP contribution >= 0.6 is 0 Å². The van der Waals surface area contributed by atoms with Gasteiger partial charge in [0.1, 0.15) is 0 Å². The molecule has 1 aromatic heterocycles. The lowest BCUT2D eigenvalue weighted by molar-refractivity contribution is 0.0950. The Kier molecular flexibility index (Phi) is 6.11. The summed E-state index contributed by atoms with van der Waals surface area (Å²) in [5.74, 6) is -0.0760. The maximum Gasteiger partial charge on any atom is 0.253 e. The number of pyridine rings is 1. The van der Waals surface area contributed by atoms with Crippen molar-refractivity contribution in [1.82, 2.24) is 20.1 Å². The van der Waals surface area contributed by atoms with E-state index in [1.807, 2.05) is 32.0 Å². The number of fused-ring (bicyclic) bond motifs is 1. The van der Waals surface area contributed by atoms with Gasteiger partial charge in [-0.15, -0.1) is 0 Å². The van der Waals surface area contributed by atoms with Crippen LogP contribution in [0.3, 0.4) is 0 Å². The number of hydrogen-bond donors (Lipinski definition) is 1. The standard InChI is InChI=1S/C25H30N4O/c1-18-7-8-24-22(13-18)15-23(19(2)27-24)25(30)26-16-20-5-4-6-21(14-20)17-29-11-9-28(3)10-12-29/h4-8,13-15H,9-12,16-17H2,1-3H3,(H,26,30). The zero-order chi connectivity index (χ0) is 21.1. The summed E-state index contributed by atoms with van der Waals surface area (Å²) in [5, 5.41) is 4.07. The topological polar surface area (TPSA) is 48.5 Å². The first-order valence-corrected chi connectivity index (χ1v) is 10.6. The Morgan fingerprint density at radius 3 is 2.57 bits per heavy atom. The van der Waals surface area contributed by atoms with Crippen molar-refractivity contribution in [3.05, 3.63) is 76.5 Å². The number of nitrogens with one attached hydrogen (secondary N) is 1. The summed E-state index contributed by atoms with van der Waals surface area (Å²) >= 11 is 0. The third-order valence-corrected chi connectivity index (χ3v) is 5.85. The minimum atomic E-state index is -0.0760. The molecule has 30 heavy (non-hydrogen) atoms. The average molecular weight is 403 g/mol. The second kappa shape index (κ2) is 8.94. The Labute approximate surface area is 178 Å². The smallest absolute Gasteiger partial charge is 0.253 e. The molecule has 3 aromatic rings. The Morgan fingerprint density at radius 1 is 1.00 bits per heavy atom. The van der Waals surface area contributed by atoms with Gasteiger partial charge in [-0.3, -0.25) is 14.7 Å². The van der Waals surface area contributed by atoms with Crippen molar-refractivity contribution in [1.29, 1.82) is 0 Å². The van der Waals surface area contributed by atoms with E-state index in [2.05, 4.69) is 57.5 Å². The number of benzene rings is 2. The van der Waals surface area contributed by atoms with Crippen molar-refractivity contribution < 1.29 is 4.79 Å². The number of hydrogen-bond acceptors (Lipinski definition) is 4. The summed E-state index contributed by atoms with van der Waals surface area (Å²) in [5.41, 5.74) is 5.90. The second-order valence-corrected chi connectivity index (χ2v) is 8.40. The highest BCUT2D eigenvalue weighted by molar-refractivity contribution is 5.98. The quantitative estimate of drug-likeness (QED) is 0.709. The van der Waals surface area contributed by atoms with Gasteiger partial charge in [0.15, 0.2) is 0 Å². The summed E-state index contributed by atoms with van der Waals surface area (Å²) < 4.78 is 0. The SMILES string of the molecule is Cc1ccc2nc(C)c(C(=O)NCc3cccc(CN4CCN(C)CC4)c3)cc2c1. The molecular weight excluding hydrogens is 372 g/mol. The molecule has 0 atom stereocenters. The zero-order valence-electron chi connectivity index (χ0n) is 18.1. The van der Waals surface area contributed by atoms with Gasteiger partial charge in [0.05, 0.1) is 16.8 Å². The van der Waals surface area contributed by atoms with E-state index in [1.165, 1.54) is 5.56 Å². The van der Waals surface area contributed by atoms with E-state index in [4.69, 9.17) is 0 Å². The first-order chi connectivity index (χ1) is 14.5. The monoisotopic (exact) mass is 402 g/mol. The largest absolute Gasteiger partial charge is 0.348 e. The van der Waals surface area contributed by atoms with Crippen LogP contribution in [0, 0.1) is 13.8 Å². The Balaban J connectivity index is 1.41. The van der Waals surface area contributed by atoms with Crippen LogP contribution in [-0.4, -0.2) is 53.9 Å². The van der Waals surface area contributed by atoms with E-state index >= 15 is 0 Å². The molecule has 1 aliphatic heterocycles. The molecule has 1 amide bonds. The summed E-state index contributed by atoms with van der Waals surface area (Å²) in [6.45, 7) is 9.86. The summed E-state index contributed by atoms with van der Waals surface area (Å²) in [4.78, 5) is 22.3. The van der Waals surface area contributed by atoms with Crippen LogP contribution in [0.4, 0.5) is 0 Å². The van der Waals surface area contributed by atoms with Crippen molar-refractivity contribution in [2.75, 3.05) is 33.2 Å². The molecule has 1 aliphatic rings. The lowest BCUT2D eigenvalue weighted by Gasteiger charge is -2.32. The summed E-state index contributed by atoms with van der Waals surface area (Å²) in [6.07, 6.45) is 0. The highest BCUT2D eigenvalue weighted by atomic mass is 16.1. The van der Waals surface area contributed by atoms with Crippen molar-refractivity contribution in [3.8, 4) is 0 Å². The predicted molar refractivity (Wildman–Crippen MR) is 122 cm³/mol. The Morgan fingerprint density at radius 2 is 1.77 bits per heavy atom. The summed E-state index contributed by atoms with van der Waals surface area (Å²) in [7, 11) is 2.18. The molecular formula is C25H30N4O. The van der Waals surface area contributed by atoms with Crippen molar-refractivity contribution in [3.63, 3.8) is 0 Å². The molecule has 156 valence electrons. The highest BCUT2D eigenvalue weighted by Crippen LogP contribution is 2.18. The lowest BCUT2D eigenvalue weighted by Crippen LogP contribution is -2.43. The number of carbonyl (C=O) groups is 1. The van der Waals surface area contributed by atoms with Gasteiger partial charge in [0, 0.05) is 44.7 Å². The molecule has 5 nitrogen and oxygen atoms in total. The van der Waals surface area contributed by atoms with Gasteiger partial charge >= 0.3 is 0 Å². The highest BCUT2D eigenvalue weighted by Gasteiger charge is 2.15. The number of rotatable bonds is 5. The van der Waals surface area contributed by atoms with E-state index < -0.39 is 0 Å². The van der Waals surface area contributed by atoms with E-state index in [0.717, 1.165) is 60.4 Å². The molecule has 0 bridgehead atoms. The number of carbonyl (C=O) groups excluding carboxylic acids is 1. The number of piperazine rings is 1. The van der Waals surface area contributed by atoms with Crippen molar-refractivity contribution in [2.24, 2.45) is 0 Å². The van der Waals surface area contributed by atoms with Gasteiger partial charge in [0.2, 0.25) is 0 Å². The first kappa shape index (κ1) is 20.5. The molecule has 1 saturated heterocycles. The number of aryl methyl sites for hydroxylation is 2. The number of nitrogens with zero attached hydrogens (tertiary/aromatic N) is 3. The molecule has 4 rings (SSSR count). The van der Waals surface area contributed by atoms with Crippen LogP contribution in [0.5, 0.6) is 0 Å². The van der Waals surface area contributed by atoms with E-state index in [0.29, 0.717) is 12.1 Å². The summed E-state index contributed by atoms with van der Waals surface area (Å²) in [6, 6.07) is 16.6. The number of aromatic nitrogens is 1. The maximum atomic E-state index is 12.8. The van der Waals surface area contributed by atoms with Crippen LogP contribution in [0.15, 0.2) is 48.5 Å². The van der Waals surface area contributed by atoms with Gasteiger partial charge in [-0.2, -0.15) is 0 Å². The normalized spacial score (nSPS) is 15.4. The van der Waals surface area contributed by atoms with Crippen LogP contribution in [0.25, 0.3) is 10.9 Å². The fourth-order valence-electron chi connectivity index (χ4n) is 4.00. The molecule has 2 heterocycles. The Hall–Kier alpha value is -2.76. The predicted octanol–water partition coefficient (Wildman–Crippen LogP) is 3.53. The van der Waals surface area contributed by atoms with Gasteiger partial charge in [-0.05, 0) is 50.2 Å². The fraction of sp³-hybridized carbons (Fsp3) is 0.360. The molecule has 1 fully saturated rings. The minimum Gasteiger partial charge on any atom is -0.348 e. The van der Waals surface area contributed by atoms with E-state index in [-0.39, 0.29) is 5.91 Å². The van der Waals surface area contributed by atoms with Gasteiger partial charge in [-0.1, -0.05) is 35.9 Å². The molecule has 1 N–H and O–H groups in total. The van der Waals surface area contributed by atoms with Crippen LogP contribution in [0.1, 0.15) is 32.7 Å². The average Bonchev–Trinajstić information content (AvgIpc) is 2.74. The molecule has 0 unspecified atom stereocenters. The zero-order valence-corrected chi connectivity index (χ0v) is 18.1. The minimum absolute atomic E-state index is 0.0760. The molecule has 0 saturated carbocycles. The molecule has 0 radical (unpaired) electrons. The van der Waals surface area contributed by atoms with Crippen LogP contribution < -0.4 is 5.32 Å². The van der Waals surface area contributed by atoms with Crippen molar-refractivity contribution in [2.45, 2.75) is 26.9 Å². The molecule has 2 aromatic carbocycles. The molecule has 5 heteroatoms. The third-order valence-electron chi connectivity index (χ3n) is 5.85. The fourth-order valence-corrected chi connectivity index (χ4v) is 4.00. The molecule has 0 spiro atoms. The van der Waals surface area contributed by atoms with Gasteiger partial charge < -0.3 is 10.2 Å². The van der Waals surface area contributed by atoms with Crippen molar-refractivity contribution >= 4 is 16.8 Å². The number of amides is 1. The van der Waals surface area contributed by atoms with E-state index in [9.17, 15) is 4.79 Å².